The van der Waals surface area contributed by atoms with Crippen molar-refractivity contribution in [2.24, 2.45) is 0 Å². The average molecular weight is 406 g/mol. The molecule has 0 bridgehead atoms. The number of alkyl halides is 3. The summed E-state index contributed by atoms with van der Waals surface area (Å²) in [7, 11) is 0. The Morgan fingerprint density at radius 3 is 2.50 bits per heavy atom. The van der Waals surface area contributed by atoms with Crippen LogP contribution < -0.4 is 10.1 Å². The molecule has 0 atom stereocenters. The average Bonchev–Trinajstić information content (AvgIpc) is 2.61. The molecule has 9 heteroatoms. The second-order valence-electron chi connectivity index (χ2n) is 6.37. The molecule has 0 unspecified atom stereocenters. The summed E-state index contributed by atoms with van der Waals surface area (Å²) in [6.45, 7) is 3.59. The zero-order valence-electron chi connectivity index (χ0n) is 14.3. The van der Waals surface area contributed by atoms with E-state index in [2.05, 4.69) is 19.9 Å². The molecule has 144 valence electrons. The number of rotatable bonds is 3. The molecule has 2 fully saturated rings. The van der Waals surface area contributed by atoms with E-state index in [4.69, 9.17) is 12.2 Å². The zero-order valence-corrected chi connectivity index (χ0v) is 15.9. The van der Waals surface area contributed by atoms with Crippen molar-refractivity contribution >= 4 is 34.8 Å². The van der Waals surface area contributed by atoms with Gasteiger partial charge in [0.25, 0.3) is 0 Å². The molecule has 26 heavy (non-hydrogen) atoms. The number of hydrogen-bond donors (Lipinski definition) is 1. The molecule has 0 aliphatic carbocycles. The number of thioether (sulfide) groups is 1. The zero-order chi connectivity index (χ0) is 18.6. The number of halogens is 3. The van der Waals surface area contributed by atoms with Gasteiger partial charge in [0.05, 0.1) is 0 Å². The number of nitrogens with one attached hydrogen (secondary N) is 1. The maximum Gasteiger partial charge on any atom is 0.573 e. The van der Waals surface area contributed by atoms with E-state index < -0.39 is 6.36 Å². The predicted molar refractivity (Wildman–Crippen MR) is 103 cm³/mol. The maximum atomic E-state index is 12.3. The summed E-state index contributed by atoms with van der Waals surface area (Å²) >= 11 is 7.46. The van der Waals surface area contributed by atoms with Crippen molar-refractivity contribution in [1.29, 1.82) is 0 Å². The van der Waals surface area contributed by atoms with Gasteiger partial charge in [-0.3, -0.25) is 4.90 Å². The largest absolute Gasteiger partial charge is 0.573 e. The van der Waals surface area contributed by atoms with Crippen LogP contribution in [0, 0.1) is 0 Å². The summed E-state index contributed by atoms with van der Waals surface area (Å²) in [6, 6.07) is 6.42. The number of ether oxygens (including phenoxy) is 1. The summed E-state index contributed by atoms with van der Waals surface area (Å²) in [4.78, 5) is 4.61. The summed E-state index contributed by atoms with van der Waals surface area (Å²) in [6.07, 6.45) is -2.20. The summed E-state index contributed by atoms with van der Waals surface area (Å²) in [5.41, 5.74) is 0.489. The summed E-state index contributed by atoms with van der Waals surface area (Å²) < 4.78 is 40.9. The molecule has 1 aromatic rings. The first-order valence-electron chi connectivity index (χ1n) is 8.64. The van der Waals surface area contributed by atoms with Gasteiger partial charge in [0.1, 0.15) is 5.75 Å². The Hall–Kier alpha value is -1.19. The third kappa shape index (κ3) is 5.65. The summed E-state index contributed by atoms with van der Waals surface area (Å²) in [5.74, 6) is 2.22. The first-order chi connectivity index (χ1) is 12.4. The fourth-order valence-electron chi connectivity index (χ4n) is 3.31. The molecule has 2 aliphatic rings. The number of hydrogen-bond acceptors (Lipinski definition) is 4. The number of anilines is 1. The molecule has 1 aromatic carbocycles. The standard InChI is InChI=1S/C17H22F3N3OS2/c18-17(19,20)24-15-3-1-2-13(12-15)21-16(25)23-8-6-22(7-9-23)14-4-10-26-11-5-14/h1-3,12,14H,4-11H2,(H,21,25). The molecule has 0 aromatic heterocycles. The van der Waals surface area contributed by atoms with E-state index in [1.165, 1.54) is 42.5 Å². The Morgan fingerprint density at radius 1 is 1.15 bits per heavy atom. The van der Waals surface area contributed by atoms with Crippen molar-refractivity contribution in [2.75, 3.05) is 43.0 Å². The third-order valence-corrected chi connectivity index (χ3v) is 6.04. The first-order valence-corrected chi connectivity index (χ1v) is 10.2. The van der Waals surface area contributed by atoms with Crippen molar-refractivity contribution in [3.8, 4) is 5.75 Å². The van der Waals surface area contributed by atoms with Gasteiger partial charge in [0, 0.05) is 44.0 Å². The summed E-state index contributed by atoms with van der Waals surface area (Å²) in [5, 5.41) is 3.56. The molecule has 1 N–H and O–H groups in total. The van der Waals surface area contributed by atoms with Crippen LogP contribution in [0.2, 0.25) is 0 Å². The van der Waals surface area contributed by atoms with Crippen LogP contribution in [0.15, 0.2) is 24.3 Å². The second-order valence-corrected chi connectivity index (χ2v) is 7.98. The van der Waals surface area contributed by atoms with Gasteiger partial charge in [-0.1, -0.05) is 6.07 Å². The van der Waals surface area contributed by atoms with E-state index in [-0.39, 0.29) is 5.75 Å². The third-order valence-electron chi connectivity index (χ3n) is 4.63. The van der Waals surface area contributed by atoms with Gasteiger partial charge in [0.15, 0.2) is 5.11 Å². The fraction of sp³-hybridized carbons (Fsp3) is 0.588. The van der Waals surface area contributed by atoms with E-state index in [1.54, 1.807) is 6.07 Å². The van der Waals surface area contributed by atoms with E-state index in [0.29, 0.717) is 16.8 Å². The molecule has 3 rings (SSSR count). The molecular weight excluding hydrogens is 383 g/mol. The van der Waals surface area contributed by atoms with Crippen molar-refractivity contribution in [1.82, 2.24) is 9.80 Å². The van der Waals surface area contributed by atoms with Gasteiger partial charge >= 0.3 is 6.36 Å². The Bertz CT molecular complexity index is 616. The molecule has 0 saturated carbocycles. The van der Waals surface area contributed by atoms with Crippen LogP contribution in [-0.2, 0) is 0 Å². The Labute approximate surface area is 161 Å². The topological polar surface area (TPSA) is 27.7 Å². The predicted octanol–water partition coefficient (Wildman–Crippen LogP) is 3.80. The lowest BCUT2D eigenvalue weighted by Gasteiger charge is -2.41. The van der Waals surface area contributed by atoms with Crippen molar-refractivity contribution < 1.29 is 17.9 Å². The Kier molecular flexibility index (Phi) is 6.52. The van der Waals surface area contributed by atoms with Crippen LogP contribution >= 0.6 is 24.0 Å². The minimum Gasteiger partial charge on any atom is -0.406 e. The number of thiocarbonyl (C=S) groups is 1. The first kappa shape index (κ1) is 19.6. The van der Waals surface area contributed by atoms with Crippen molar-refractivity contribution in [3.63, 3.8) is 0 Å². The molecule has 0 radical (unpaired) electrons. The van der Waals surface area contributed by atoms with Crippen LogP contribution in [0.1, 0.15) is 12.8 Å². The van der Waals surface area contributed by atoms with Crippen molar-refractivity contribution in [2.45, 2.75) is 25.2 Å². The smallest absolute Gasteiger partial charge is 0.406 e. The lowest BCUT2D eigenvalue weighted by Crippen LogP contribution is -2.53. The normalized spacial score (nSPS) is 20.0. The van der Waals surface area contributed by atoms with Gasteiger partial charge in [-0.15, -0.1) is 13.2 Å². The molecule has 2 aliphatic heterocycles. The van der Waals surface area contributed by atoms with E-state index in [0.717, 1.165) is 26.2 Å². The second kappa shape index (κ2) is 8.67. The van der Waals surface area contributed by atoms with Gasteiger partial charge in [0.2, 0.25) is 0 Å². The highest BCUT2D eigenvalue weighted by atomic mass is 32.2. The minimum atomic E-state index is -4.70. The molecule has 0 amide bonds. The van der Waals surface area contributed by atoms with Gasteiger partial charge in [-0.2, -0.15) is 11.8 Å². The van der Waals surface area contributed by atoms with Gasteiger partial charge in [-0.05, 0) is 48.7 Å². The number of benzene rings is 1. The van der Waals surface area contributed by atoms with Crippen LogP contribution in [0.5, 0.6) is 5.75 Å². The highest BCUT2D eigenvalue weighted by Gasteiger charge is 2.31. The minimum absolute atomic E-state index is 0.259. The van der Waals surface area contributed by atoms with Crippen LogP contribution in [0.25, 0.3) is 0 Å². The lowest BCUT2D eigenvalue weighted by atomic mass is 10.1. The fourth-order valence-corrected chi connectivity index (χ4v) is 4.70. The number of piperazine rings is 1. The Morgan fingerprint density at radius 2 is 1.85 bits per heavy atom. The molecule has 2 saturated heterocycles. The Balaban J connectivity index is 1.50. The van der Waals surface area contributed by atoms with E-state index in [1.807, 2.05) is 11.8 Å². The quantitative estimate of drug-likeness (QED) is 0.769. The van der Waals surface area contributed by atoms with Crippen LogP contribution in [0.4, 0.5) is 18.9 Å². The van der Waals surface area contributed by atoms with E-state index >= 15 is 0 Å². The van der Waals surface area contributed by atoms with Crippen molar-refractivity contribution in [3.05, 3.63) is 24.3 Å². The molecule has 0 spiro atoms. The van der Waals surface area contributed by atoms with Gasteiger partial charge < -0.3 is 15.0 Å². The molecule has 2 heterocycles. The SMILES string of the molecule is FC(F)(F)Oc1cccc(NC(=S)N2CCN(C3CCSCC3)CC2)c1. The number of nitrogens with zero attached hydrogens (tertiary/aromatic N) is 2. The highest BCUT2D eigenvalue weighted by molar-refractivity contribution is 7.99. The van der Waals surface area contributed by atoms with Crippen LogP contribution in [0.3, 0.4) is 0 Å². The van der Waals surface area contributed by atoms with E-state index in [9.17, 15) is 13.2 Å². The highest BCUT2D eigenvalue weighted by Crippen LogP contribution is 2.26. The molecule has 4 nitrogen and oxygen atoms in total. The maximum absolute atomic E-state index is 12.3. The monoisotopic (exact) mass is 405 g/mol. The molecular formula is C17H22F3N3OS2. The van der Waals surface area contributed by atoms with Crippen LogP contribution in [-0.4, -0.2) is 65.0 Å². The van der Waals surface area contributed by atoms with Gasteiger partial charge in [-0.25, -0.2) is 0 Å². The lowest BCUT2D eigenvalue weighted by molar-refractivity contribution is -0.274.